The van der Waals surface area contributed by atoms with E-state index < -0.39 is 0 Å². The molecule has 0 unspecified atom stereocenters. The number of aromatic amines is 1. The first kappa shape index (κ1) is 18.4. The molecular weight excluding hydrogens is 350 g/mol. The van der Waals surface area contributed by atoms with Gasteiger partial charge in [0, 0.05) is 12.0 Å². The van der Waals surface area contributed by atoms with Gasteiger partial charge < -0.3 is 4.52 Å². The molecule has 8 heteroatoms. The molecular formula is C18H23N5O2S. The zero-order chi connectivity index (χ0) is 18.7. The standard InChI is InChI=1S/C18H23N5O2S/c1-12(14-19-15(22-25-14)18(2,3)4)26-17-21-20-16(24)23(17)11-10-13-8-6-5-7-9-13/h5-9,12H,10-11H2,1-4H3,(H,20,24)/t12-/m0/s1. The van der Waals surface area contributed by atoms with Gasteiger partial charge in [-0.15, -0.1) is 5.10 Å². The molecule has 0 saturated heterocycles. The van der Waals surface area contributed by atoms with Crippen molar-refractivity contribution in [3.63, 3.8) is 0 Å². The third kappa shape index (κ3) is 4.24. The number of H-pyrrole nitrogens is 1. The molecule has 0 aliphatic heterocycles. The quantitative estimate of drug-likeness (QED) is 0.667. The molecule has 3 rings (SSSR count). The molecule has 0 saturated carbocycles. The van der Waals surface area contributed by atoms with E-state index in [0.717, 1.165) is 6.42 Å². The summed E-state index contributed by atoms with van der Waals surface area (Å²) in [5.41, 5.74) is 0.795. The third-order valence-corrected chi connectivity index (χ3v) is 5.01. The van der Waals surface area contributed by atoms with Gasteiger partial charge in [-0.05, 0) is 18.9 Å². The van der Waals surface area contributed by atoms with Gasteiger partial charge in [0.25, 0.3) is 0 Å². The van der Waals surface area contributed by atoms with Crippen molar-refractivity contribution < 1.29 is 4.52 Å². The number of hydrogen-bond acceptors (Lipinski definition) is 6. The monoisotopic (exact) mass is 373 g/mol. The van der Waals surface area contributed by atoms with E-state index in [1.807, 2.05) is 58.0 Å². The Kier molecular flexibility index (Phi) is 5.31. The first-order valence-electron chi connectivity index (χ1n) is 8.54. The molecule has 0 radical (unpaired) electrons. The second-order valence-electron chi connectivity index (χ2n) is 7.16. The SMILES string of the molecule is C[C@H](Sc1n[nH]c(=O)n1CCc1ccccc1)c1nc(C(C)(C)C)no1. The predicted octanol–water partition coefficient (Wildman–Crippen LogP) is 3.35. The Balaban J connectivity index is 1.72. The first-order valence-corrected chi connectivity index (χ1v) is 9.42. The van der Waals surface area contributed by atoms with Crippen LogP contribution in [0.4, 0.5) is 0 Å². The number of aryl methyl sites for hydroxylation is 1. The van der Waals surface area contributed by atoms with Gasteiger partial charge in [-0.1, -0.05) is 68.0 Å². The van der Waals surface area contributed by atoms with Crippen LogP contribution in [0.1, 0.15) is 50.2 Å². The molecule has 7 nitrogen and oxygen atoms in total. The van der Waals surface area contributed by atoms with E-state index in [9.17, 15) is 4.79 Å². The second-order valence-corrected chi connectivity index (χ2v) is 8.47. The van der Waals surface area contributed by atoms with Crippen LogP contribution in [0, 0.1) is 0 Å². The highest BCUT2D eigenvalue weighted by Crippen LogP contribution is 2.33. The minimum atomic E-state index is -0.212. The zero-order valence-corrected chi connectivity index (χ0v) is 16.2. The Morgan fingerprint density at radius 1 is 1.27 bits per heavy atom. The maximum atomic E-state index is 12.1. The molecule has 0 aliphatic rings. The van der Waals surface area contributed by atoms with Crippen molar-refractivity contribution in [3.8, 4) is 0 Å². The fraction of sp³-hybridized carbons (Fsp3) is 0.444. The van der Waals surface area contributed by atoms with Crippen molar-refractivity contribution in [2.75, 3.05) is 0 Å². The topological polar surface area (TPSA) is 89.6 Å². The molecule has 1 atom stereocenters. The van der Waals surface area contributed by atoms with Crippen LogP contribution in [-0.4, -0.2) is 24.9 Å². The van der Waals surface area contributed by atoms with E-state index in [0.29, 0.717) is 23.4 Å². The second kappa shape index (κ2) is 7.49. The molecule has 138 valence electrons. The Morgan fingerprint density at radius 2 is 2.00 bits per heavy atom. The zero-order valence-electron chi connectivity index (χ0n) is 15.4. The summed E-state index contributed by atoms with van der Waals surface area (Å²) in [7, 11) is 0. The van der Waals surface area contributed by atoms with Crippen molar-refractivity contribution in [2.24, 2.45) is 0 Å². The summed E-state index contributed by atoms with van der Waals surface area (Å²) in [6.07, 6.45) is 0.761. The number of aromatic nitrogens is 5. The van der Waals surface area contributed by atoms with Crippen LogP contribution >= 0.6 is 11.8 Å². The molecule has 0 spiro atoms. The van der Waals surface area contributed by atoms with Crippen LogP contribution in [0.2, 0.25) is 0 Å². The van der Waals surface area contributed by atoms with Crippen molar-refractivity contribution in [1.82, 2.24) is 24.9 Å². The highest BCUT2D eigenvalue weighted by molar-refractivity contribution is 7.99. The summed E-state index contributed by atoms with van der Waals surface area (Å²) < 4.78 is 7.04. The minimum absolute atomic E-state index is 0.107. The highest BCUT2D eigenvalue weighted by Gasteiger charge is 2.24. The van der Waals surface area contributed by atoms with Crippen molar-refractivity contribution >= 4 is 11.8 Å². The van der Waals surface area contributed by atoms with Gasteiger partial charge in [-0.2, -0.15) is 4.98 Å². The van der Waals surface area contributed by atoms with Crippen LogP contribution < -0.4 is 5.69 Å². The van der Waals surface area contributed by atoms with E-state index in [2.05, 4.69) is 20.3 Å². The lowest BCUT2D eigenvalue weighted by molar-refractivity contribution is 0.364. The summed E-state index contributed by atoms with van der Waals surface area (Å²) in [5.74, 6) is 1.20. The number of nitrogens with one attached hydrogen (secondary N) is 1. The summed E-state index contributed by atoms with van der Waals surface area (Å²) >= 11 is 1.43. The van der Waals surface area contributed by atoms with Crippen LogP contribution in [0.25, 0.3) is 0 Å². The van der Waals surface area contributed by atoms with Gasteiger partial charge in [0.15, 0.2) is 11.0 Å². The van der Waals surface area contributed by atoms with Gasteiger partial charge in [0.2, 0.25) is 5.89 Å². The molecule has 0 bridgehead atoms. The Labute approximate surface area is 156 Å². The Bertz CT molecular complexity index is 908. The summed E-state index contributed by atoms with van der Waals surface area (Å²) in [4.78, 5) is 16.6. The number of thioether (sulfide) groups is 1. The highest BCUT2D eigenvalue weighted by atomic mass is 32.2. The molecule has 3 aromatic rings. The van der Waals surface area contributed by atoms with Crippen LogP contribution in [-0.2, 0) is 18.4 Å². The van der Waals surface area contributed by atoms with Gasteiger partial charge in [0.1, 0.15) is 0 Å². The van der Waals surface area contributed by atoms with E-state index in [1.54, 1.807) is 4.57 Å². The van der Waals surface area contributed by atoms with E-state index in [1.165, 1.54) is 17.3 Å². The first-order chi connectivity index (χ1) is 12.3. The average Bonchev–Trinajstić information content (AvgIpc) is 3.22. The van der Waals surface area contributed by atoms with Gasteiger partial charge in [-0.25, -0.2) is 9.89 Å². The number of rotatable bonds is 6. The Hall–Kier alpha value is -2.35. The van der Waals surface area contributed by atoms with Gasteiger partial charge >= 0.3 is 5.69 Å². The Morgan fingerprint density at radius 3 is 2.65 bits per heavy atom. The molecule has 0 fully saturated rings. The summed E-state index contributed by atoms with van der Waals surface area (Å²) in [6.45, 7) is 8.63. The molecule has 2 aromatic heterocycles. The summed E-state index contributed by atoms with van der Waals surface area (Å²) in [6, 6.07) is 10.1. The van der Waals surface area contributed by atoms with Crippen LogP contribution in [0.5, 0.6) is 0 Å². The molecule has 26 heavy (non-hydrogen) atoms. The normalized spacial score (nSPS) is 13.1. The molecule has 0 amide bonds. The molecule has 1 N–H and O–H groups in total. The minimum Gasteiger partial charge on any atom is -0.338 e. The molecule has 1 aromatic carbocycles. The maximum absolute atomic E-state index is 12.1. The van der Waals surface area contributed by atoms with Crippen molar-refractivity contribution in [1.29, 1.82) is 0 Å². The van der Waals surface area contributed by atoms with Crippen molar-refractivity contribution in [3.05, 3.63) is 58.1 Å². The average molecular weight is 373 g/mol. The number of nitrogens with zero attached hydrogens (tertiary/aromatic N) is 4. The van der Waals surface area contributed by atoms with E-state index >= 15 is 0 Å². The van der Waals surface area contributed by atoms with Gasteiger partial charge in [-0.3, -0.25) is 4.57 Å². The predicted molar refractivity (Wildman–Crippen MR) is 100 cm³/mol. The fourth-order valence-electron chi connectivity index (χ4n) is 2.39. The summed E-state index contributed by atoms with van der Waals surface area (Å²) in [5, 5.41) is 11.2. The van der Waals surface area contributed by atoms with Gasteiger partial charge in [0.05, 0.1) is 5.25 Å². The van der Waals surface area contributed by atoms with E-state index in [4.69, 9.17) is 4.52 Å². The number of hydrogen-bond donors (Lipinski definition) is 1. The van der Waals surface area contributed by atoms with Crippen LogP contribution in [0.3, 0.4) is 0 Å². The van der Waals surface area contributed by atoms with E-state index in [-0.39, 0.29) is 16.4 Å². The lowest BCUT2D eigenvalue weighted by Crippen LogP contribution is -2.19. The lowest BCUT2D eigenvalue weighted by atomic mass is 9.96. The largest absolute Gasteiger partial charge is 0.343 e. The molecule has 2 heterocycles. The van der Waals surface area contributed by atoms with Crippen molar-refractivity contribution in [2.45, 2.75) is 56.5 Å². The number of benzene rings is 1. The lowest BCUT2D eigenvalue weighted by Gasteiger charge is -2.11. The van der Waals surface area contributed by atoms with Crippen LogP contribution in [0.15, 0.2) is 44.8 Å². The maximum Gasteiger partial charge on any atom is 0.343 e. The third-order valence-electron chi connectivity index (χ3n) is 3.93. The fourth-order valence-corrected chi connectivity index (χ4v) is 3.30. The molecule has 0 aliphatic carbocycles. The smallest absolute Gasteiger partial charge is 0.338 e.